The molecule has 0 aliphatic heterocycles. The number of alkyl halides is 1. The molecular weight excluding hydrogens is 282 g/mol. The van der Waals surface area contributed by atoms with Gasteiger partial charge in [0.2, 0.25) is 10.0 Å². The molecule has 1 aromatic rings. The van der Waals surface area contributed by atoms with Crippen LogP contribution < -0.4 is 4.72 Å². The highest BCUT2D eigenvalue weighted by molar-refractivity contribution is 7.89. The lowest BCUT2D eigenvalue weighted by atomic mass is 10.0. The molecule has 1 rings (SSSR count). The van der Waals surface area contributed by atoms with E-state index in [0.717, 1.165) is 5.56 Å². The highest BCUT2D eigenvalue weighted by Crippen LogP contribution is 2.16. The van der Waals surface area contributed by atoms with Crippen molar-refractivity contribution in [3.63, 3.8) is 0 Å². The van der Waals surface area contributed by atoms with Crippen molar-refractivity contribution in [2.45, 2.75) is 32.1 Å². The number of sulfonamides is 1. The van der Waals surface area contributed by atoms with Gasteiger partial charge in [-0.3, -0.25) is 0 Å². The summed E-state index contributed by atoms with van der Waals surface area (Å²) < 4.78 is 26.5. The van der Waals surface area contributed by atoms with Crippen LogP contribution in [0.1, 0.15) is 32.3 Å². The van der Waals surface area contributed by atoms with Crippen LogP contribution >= 0.6 is 11.6 Å². The summed E-state index contributed by atoms with van der Waals surface area (Å²) in [5, 5.41) is -0.179. The molecule has 19 heavy (non-hydrogen) atoms. The number of nitrogens with one attached hydrogen (secondary N) is 1. The molecule has 2 unspecified atom stereocenters. The van der Waals surface area contributed by atoms with E-state index in [-0.39, 0.29) is 29.5 Å². The minimum Gasteiger partial charge on any atom is -0.214 e. The van der Waals surface area contributed by atoms with Gasteiger partial charge in [-0.05, 0) is 17.4 Å². The summed E-state index contributed by atoms with van der Waals surface area (Å²) in [7, 11) is -3.29. The lowest BCUT2D eigenvalue weighted by Crippen LogP contribution is -2.34. The molecule has 0 aromatic heterocycles. The maximum absolute atomic E-state index is 12.0. The summed E-state index contributed by atoms with van der Waals surface area (Å²) in [6, 6.07) is 9.64. The van der Waals surface area contributed by atoms with E-state index in [1.165, 1.54) is 0 Å². The third-order valence-electron chi connectivity index (χ3n) is 3.06. The summed E-state index contributed by atoms with van der Waals surface area (Å²) in [5.41, 5.74) is 1.03. The molecule has 0 aliphatic rings. The molecule has 5 heteroatoms. The van der Waals surface area contributed by atoms with Crippen LogP contribution in [0.3, 0.4) is 0 Å². The fraction of sp³-hybridized carbons (Fsp3) is 0.571. The Balaban J connectivity index is 2.55. The van der Waals surface area contributed by atoms with Gasteiger partial charge >= 0.3 is 0 Å². The molecule has 0 saturated carbocycles. The minimum absolute atomic E-state index is 0.0356. The molecule has 108 valence electrons. The van der Waals surface area contributed by atoms with Crippen LogP contribution in [0.5, 0.6) is 0 Å². The molecule has 0 heterocycles. The van der Waals surface area contributed by atoms with Crippen LogP contribution in [0.25, 0.3) is 0 Å². The summed E-state index contributed by atoms with van der Waals surface area (Å²) in [5.74, 6) is 0.293. The van der Waals surface area contributed by atoms with Crippen LogP contribution in [0, 0.1) is 5.92 Å². The Labute approximate surface area is 121 Å². The van der Waals surface area contributed by atoms with Gasteiger partial charge in [-0.25, -0.2) is 13.1 Å². The summed E-state index contributed by atoms with van der Waals surface area (Å²) in [4.78, 5) is 0. The summed E-state index contributed by atoms with van der Waals surface area (Å²) >= 11 is 6.05. The van der Waals surface area contributed by atoms with E-state index in [1.807, 2.05) is 51.1 Å². The van der Waals surface area contributed by atoms with Gasteiger partial charge in [0.15, 0.2) is 0 Å². The first kappa shape index (κ1) is 16.5. The second kappa shape index (κ2) is 7.27. The van der Waals surface area contributed by atoms with Crippen molar-refractivity contribution in [1.29, 1.82) is 0 Å². The monoisotopic (exact) mass is 303 g/mol. The van der Waals surface area contributed by atoms with Gasteiger partial charge in [0.25, 0.3) is 0 Å². The van der Waals surface area contributed by atoms with Crippen molar-refractivity contribution in [3.05, 3.63) is 35.9 Å². The average Bonchev–Trinajstić information content (AvgIpc) is 2.36. The van der Waals surface area contributed by atoms with Gasteiger partial charge in [0, 0.05) is 11.9 Å². The smallest absolute Gasteiger partial charge is 0.212 e. The largest absolute Gasteiger partial charge is 0.214 e. The van der Waals surface area contributed by atoms with Gasteiger partial charge in [0.05, 0.1) is 5.75 Å². The zero-order valence-electron chi connectivity index (χ0n) is 11.6. The van der Waals surface area contributed by atoms with Crippen molar-refractivity contribution < 1.29 is 8.42 Å². The Kier molecular flexibility index (Phi) is 6.30. The highest BCUT2D eigenvalue weighted by Gasteiger charge is 2.19. The van der Waals surface area contributed by atoms with Crippen LogP contribution in [0.4, 0.5) is 0 Å². The summed E-state index contributed by atoms with van der Waals surface area (Å²) in [6.07, 6.45) is 0. The van der Waals surface area contributed by atoms with Crippen LogP contribution in [0.2, 0.25) is 0 Å². The molecule has 0 radical (unpaired) electrons. The van der Waals surface area contributed by atoms with E-state index < -0.39 is 10.0 Å². The van der Waals surface area contributed by atoms with Crippen molar-refractivity contribution in [2.75, 3.05) is 12.3 Å². The van der Waals surface area contributed by atoms with Gasteiger partial charge in [0.1, 0.15) is 0 Å². The topological polar surface area (TPSA) is 46.2 Å². The first-order chi connectivity index (χ1) is 8.82. The van der Waals surface area contributed by atoms with Gasteiger partial charge in [-0.15, -0.1) is 11.6 Å². The normalized spacial score (nSPS) is 15.4. The molecular formula is C14H22ClNO2S. The van der Waals surface area contributed by atoms with Crippen LogP contribution in [0.15, 0.2) is 30.3 Å². The van der Waals surface area contributed by atoms with Crippen molar-refractivity contribution in [1.82, 2.24) is 4.72 Å². The SMILES string of the molecule is CC(CS(=O)(=O)NCC(Cl)C(C)C)c1ccccc1. The zero-order chi connectivity index (χ0) is 14.5. The molecule has 0 bridgehead atoms. The van der Waals surface area contributed by atoms with Gasteiger partial charge in [-0.1, -0.05) is 51.1 Å². The Hall–Kier alpha value is -0.580. The predicted octanol–water partition coefficient (Wildman–Crippen LogP) is 2.97. The lowest BCUT2D eigenvalue weighted by Gasteiger charge is -2.16. The fourth-order valence-electron chi connectivity index (χ4n) is 1.71. The standard InChI is InChI=1S/C14H22ClNO2S/c1-11(2)14(15)9-16-19(17,18)10-12(3)13-7-5-4-6-8-13/h4-8,11-12,14,16H,9-10H2,1-3H3. The quantitative estimate of drug-likeness (QED) is 0.787. The van der Waals surface area contributed by atoms with E-state index in [1.54, 1.807) is 0 Å². The van der Waals surface area contributed by atoms with Gasteiger partial charge < -0.3 is 0 Å². The van der Waals surface area contributed by atoms with Crippen molar-refractivity contribution in [3.8, 4) is 0 Å². The second-order valence-corrected chi connectivity index (χ2v) is 7.61. The predicted molar refractivity (Wildman–Crippen MR) is 81.1 cm³/mol. The maximum Gasteiger partial charge on any atom is 0.212 e. The summed E-state index contributed by atoms with van der Waals surface area (Å²) in [6.45, 7) is 6.13. The van der Waals surface area contributed by atoms with E-state index in [4.69, 9.17) is 11.6 Å². The average molecular weight is 304 g/mol. The maximum atomic E-state index is 12.0. The highest BCUT2D eigenvalue weighted by atomic mass is 35.5. The number of hydrogen-bond acceptors (Lipinski definition) is 2. The van der Waals surface area contributed by atoms with Gasteiger partial charge in [-0.2, -0.15) is 0 Å². The third-order valence-corrected chi connectivity index (χ3v) is 5.26. The molecule has 1 aromatic carbocycles. The Bertz CT molecular complexity index is 473. The van der Waals surface area contributed by atoms with Crippen LogP contribution in [-0.2, 0) is 10.0 Å². The zero-order valence-corrected chi connectivity index (χ0v) is 13.2. The number of benzene rings is 1. The Morgan fingerprint density at radius 1 is 1.16 bits per heavy atom. The third kappa shape index (κ3) is 5.93. The molecule has 0 fully saturated rings. The van der Waals surface area contributed by atoms with E-state index >= 15 is 0 Å². The number of rotatable bonds is 7. The second-order valence-electron chi connectivity index (χ2n) is 5.20. The van der Waals surface area contributed by atoms with E-state index in [9.17, 15) is 8.42 Å². The Morgan fingerprint density at radius 3 is 2.26 bits per heavy atom. The number of halogens is 1. The van der Waals surface area contributed by atoms with Crippen molar-refractivity contribution in [2.24, 2.45) is 5.92 Å². The molecule has 0 amide bonds. The van der Waals surface area contributed by atoms with Crippen molar-refractivity contribution >= 4 is 21.6 Å². The lowest BCUT2D eigenvalue weighted by molar-refractivity contribution is 0.553. The molecule has 0 saturated heterocycles. The molecule has 1 N–H and O–H groups in total. The van der Waals surface area contributed by atoms with E-state index in [0.29, 0.717) is 0 Å². The minimum atomic E-state index is -3.29. The molecule has 0 spiro atoms. The molecule has 3 nitrogen and oxygen atoms in total. The van der Waals surface area contributed by atoms with E-state index in [2.05, 4.69) is 4.72 Å². The Morgan fingerprint density at radius 2 is 1.74 bits per heavy atom. The molecule has 2 atom stereocenters. The fourth-order valence-corrected chi connectivity index (χ4v) is 3.28. The number of hydrogen-bond donors (Lipinski definition) is 1. The molecule has 0 aliphatic carbocycles. The first-order valence-electron chi connectivity index (χ1n) is 6.48. The first-order valence-corrected chi connectivity index (χ1v) is 8.57. The van der Waals surface area contributed by atoms with Crippen LogP contribution in [-0.4, -0.2) is 26.1 Å².